The van der Waals surface area contributed by atoms with Crippen molar-refractivity contribution in [1.29, 1.82) is 5.26 Å². The van der Waals surface area contributed by atoms with Gasteiger partial charge in [0.25, 0.3) is 0 Å². The molecule has 0 saturated heterocycles. The second-order valence-corrected chi connectivity index (χ2v) is 4.23. The van der Waals surface area contributed by atoms with Gasteiger partial charge in [0.15, 0.2) is 5.01 Å². The predicted octanol–water partition coefficient (Wildman–Crippen LogP) is 1.70. The van der Waals surface area contributed by atoms with Gasteiger partial charge in [0.05, 0.1) is 10.6 Å². The molecule has 1 aromatic heterocycles. The van der Waals surface area contributed by atoms with Gasteiger partial charge in [-0.3, -0.25) is 0 Å². The van der Waals surface area contributed by atoms with E-state index in [9.17, 15) is 0 Å². The van der Waals surface area contributed by atoms with E-state index in [1.807, 2.05) is 6.92 Å². The number of thiazole rings is 1. The molecule has 0 amide bonds. The maximum atomic E-state index is 8.74. The van der Waals surface area contributed by atoms with Gasteiger partial charge in [0, 0.05) is 6.54 Å². The van der Waals surface area contributed by atoms with E-state index in [0.29, 0.717) is 5.01 Å². The van der Waals surface area contributed by atoms with Gasteiger partial charge >= 0.3 is 0 Å². The average Bonchev–Trinajstić information content (AvgIpc) is 2.61. The van der Waals surface area contributed by atoms with Crippen molar-refractivity contribution < 1.29 is 0 Å². The fraction of sp³-hybridized carbons (Fsp3) is 0.400. The van der Waals surface area contributed by atoms with Gasteiger partial charge in [-0.1, -0.05) is 6.08 Å². The summed E-state index contributed by atoms with van der Waals surface area (Å²) in [5.74, 6) is 0. The van der Waals surface area contributed by atoms with Crippen LogP contribution in [0.4, 0.5) is 0 Å². The molecule has 0 aliphatic carbocycles. The molecule has 0 atom stereocenters. The van der Waals surface area contributed by atoms with E-state index in [1.165, 1.54) is 21.8 Å². The van der Waals surface area contributed by atoms with Gasteiger partial charge in [0.1, 0.15) is 6.07 Å². The van der Waals surface area contributed by atoms with E-state index < -0.39 is 0 Å². The molecular formula is C10H11N3S. The van der Waals surface area contributed by atoms with Crippen LogP contribution in [0.15, 0.2) is 6.08 Å². The van der Waals surface area contributed by atoms with E-state index in [1.54, 1.807) is 0 Å². The summed E-state index contributed by atoms with van der Waals surface area (Å²) in [5.41, 5.74) is 2.32. The van der Waals surface area contributed by atoms with Crippen molar-refractivity contribution in [2.75, 3.05) is 13.1 Å². The van der Waals surface area contributed by atoms with Crippen molar-refractivity contribution in [2.45, 2.75) is 13.3 Å². The standard InChI is InChI=1S/C10H11N3S/c1-7-10(14-9(6-11)13-7)8-2-4-12-5-3-8/h2,12H,3-5H2,1H3. The Labute approximate surface area is 87.1 Å². The summed E-state index contributed by atoms with van der Waals surface area (Å²) >= 11 is 1.50. The minimum Gasteiger partial charge on any atom is -0.313 e. The first-order valence-corrected chi connectivity index (χ1v) is 5.40. The van der Waals surface area contributed by atoms with Gasteiger partial charge in [-0.15, -0.1) is 11.3 Å². The Morgan fingerprint density at radius 1 is 1.64 bits per heavy atom. The normalized spacial score (nSPS) is 16.1. The molecule has 14 heavy (non-hydrogen) atoms. The van der Waals surface area contributed by atoms with Crippen molar-refractivity contribution in [2.24, 2.45) is 0 Å². The fourth-order valence-electron chi connectivity index (χ4n) is 1.57. The van der Waals surface area contributed by atoms with Crippen LogP contribution in [0.2, 0.25) is 0 Å². The maximum absolute atomic E-state index is 8.74. The number of nitrogens with one attached hydrogen (secondary N) is 1. The van der Waals surface area contributed by atoms with Crippen LogP contribution >= 0.6 is 11.3 Å². The molecule has 0 aromatic carbocycles. The maximum Gasteiger partial charge on any atom is 0.195 e. The third-order valence-corrected chi connectivity index (χ3v) is 3.39. The van der Waals surface area contributed by atoms with Crippen LogP contribution in [-0.4, -0.2) is 18.1 Å². The predicted molar refractivity (Wildman–Crippen MR) is 57.0 cm³/mol. The molecule has 2 heterocycles. The third-order valence-electron chi connectivity index (χ3n) is 2.25. The molecule has 1 N–H and O–H groups in total. The highest BCUT2D eigenvalue weighted by Gasteiger charge is 2.13. The van der Waals surface area contributed by atoms with Crippen molar-refractivity contribution in [3.8, 4) is 6.07 Å². The number of hydrogen-bond acceptors (Lipinski definition) is 4. The molecule has 1 aliphatic heterocycles. The SMILES string of the molecule is Cc1nc(C#N)sc1C1=CCNCC1. The molecule has 0 bridgehead atoms. The van der Waals surface area contributed by atoms with Crippen molar-refractivity contribution in [3.63, 3.8) is 0 Å². The molecule has 2 rings (SSSR count). The second kappa shape index (κ2) is 3.91. The summed E-state index contributed by atoms with van der Waals surface area (Å²) in [6, 6.07) is 2.09. The van der Waals surface area contributed by atoms with Crippen LogP contribution < -0.4 is 5.32 Å². The number of rotatable bonds is 1. The van der Waals surface area contributed by atoms with Crippen LogP contribution in [0.25, 0.3) is 5.57 Å². The quantitative estimate of drug-likeness (QED) is 0.759. The fourth-order valence-corrected chi connectivity index (χ4v) is 2.50. The first kappa shape index (κ1) is 9.38. The second-order valence-electron chi connectivity index (χ2n) is 3.23. The topological polar surface area (TPSA) is 48.7 Å². The Hall–Kier alpha value is -1.18. The van der Waals surface area contributed by atoms with E-state index in [-0.39, 0.29) is 0 Å². The van der Waals surface area contributed by atoms with Crippen LogP contribution in [0, 0.1) is 18.3 Å². The van der Waals surface area contributed by atoms with Gasteiger partial charge in [0.2, 0.25) is 0 Å². The highest BCUT2D eigenvalue weighted by atomic mass is 32.1. The zero-order valence-corrected chi connectivity index (χ0v) is 8.82. The zero-order valence-electron chi connectivity index (χ0n) is 8.00. The van der Waals surface area contributed by atoms with E-state index in [4.69, 9.17) is 5.26 Å². The van der Waals surface area contributed by atoms with Crippen molar-refractivity contribution >= 4 is 16.9 Å². The summed E-state index contributed by atoms with van der Waals surface area (Å²) in [4.78, 5) is 5.38. The highest BCUT2D eigenvalue weighted by Crippen LogP contribution is 2.28. The van der Waals surface area contributed by atoms with Gasteiger partial charge in [-0.25, -0.2) is 4.98 Å². The Balaban J connectivity index is 2.36. The molecular weight excluding hydrogens is 194 g/mol. The van der Waals surface area contributed by atoms with Gasteiger partial charge < -0.3 is 5.32 Å². The number of nitrogens with zero attached hydrogens (tertiary/aromatic N) is 2. The highest BCUT2D eigenvalue weighted by molar-refractivity contribution is 7.13. The molecule has 0 radical (unpaired) electrons. The molecule has 1 aromatic rings. The monoisotopic (exact) mass is 205 g/mol. The first-order valence-electron chi connectivity index (χ1n) is 4.59. The minimum atomic E-state index is 0.567. The van der Waals surface area contributed by atoms with Crippen LogP contribution in [0.5, 0.6) is 0 Å². The third kappa shape index (κ3) is 1.69. The van der Waals surface area contributed by atoms with Gasteiger partial charge in [-0.05, 0) is 25.5 Å². The number of aromatic nitrogens is 1. The molecule has 0 unspecified atom stereocenters. The van der Waals surface area contributed by atoms with E-state index in [0.717, 1.165) is 25.2 Å². The largest absolute Gasteiger partial charge is 0.313 e. The smallest absolute Gasteiger partial charge is 0.195 e. The molecule has 1 aliphatic rings. The number of nitriles is 1. The van der Waals surface area contributed by atoms with Crippen molar-refractivity contribution in [3.05, 3.63) is 21.7 Å². The lowest BCUT2D eigenvalue weighted by atomic mass is 10.1. The lowest BCUT2D eigenvalue weighted by molar-refractivity contribution is 0.739. The summed E-state index contributed by atoms with van der Waals surface area (Å²) in [5, 5.41) is 12.6. The van der Waals surface area contributed by atoms with Gasteiger partial charge in [-0.2, -0.15) is 5.26 Å². The Morgan fingerprint density at radius 3 is 3.07 bits per heavy atom. The molecule has 0 saturated carbocycles. The summed E-state index contributed by atoms with van der Waals surface area (Å²) in [6.07, 6.45) is 3.22. The lowest BCUT2D eigenvalue weighted by Gasteiger charge is -2.12. The Kier molecular flexibility index (Phi) is 2.62. The Morgan fingerprint density at radius 2 is 2.50 bits per heavy atom. The summed E-state index contributed by atoms with van der Waals surface area (Å²) in [7, 11) is 0. The number of aryl methyl sites for hydroxylation is 1. The number of hydrogen-bond donors (Lipinski definition) is 1. The van der Waals surface area contributed by atoms with Crippen LogP contribution in [0.3, 0.4) is 0 Å². The average molecular weight is 205 g/mol. The molecule has 3 nitrogen and oxygen atoms in total. The lowest BCUT2D eigenvalue weighted by Crippen LogP contribution is -2.19. The van der Waals surface area contributed by atoms with E-state index >= 15 is 0 Å². The molecule has 0 spiro atoms. The summed E-state index contributed by atoms with van der Waals surface area (Å²) < 4.78 is 0. The van der Waals surface area contributed by atoms with Crippen LogP contribution in [0.1, 0.15) is 22.0 Å². The first-order chi connectivity index (χ1) is 6.81. The zero-order chi connectivity index (χ0) is 9.97. The molecule has 4 heteroatoms. The summed E-state index contributed by atoms with van der Waals surface area (Å²) in [6.45, 7) is 3.91. The Bertz CT molecular complexity index is 411. The van der Waals surface area contributed by atoms with Crippen molar-refractivity contribution in [1.82, 2.24) is 10.3 Å². The van der Waals surface area contributed by atoms with Crippen LogP contribution in [-0.2, 0) is 0 Å². The molecule has 0 fully saturated rings. The minimum absolute atomic E-state index is 0.567. The molecule has 72 valence electrons. The van der Waals surface area contributed by atoms with E-state index in [2.05, 4.69) is 22.4 Å².